The zero-order chi connectivity index (χ0) is 14.1. The van der Waals surface area contributed by atoms with Crippen LogP contribution in [0.25, 0.3) is 5.52 Å². The third kappa shape index (κ3) is 2.38. The molecule has 3 rings (SSSR count). The lowest BCUT2D eigenvalue weighted by atomic mass is 9.98. The fraction of sp³-hybridized carbons (Fsp3) is 0.600. The van der Waals surface area contributed by atoms with Crippen molar-refractivity contribution in [1.82, 2.24) is 19.5 Å². The molecule has 1 aliphatic rings. The molecule has 0 spiro atoms. The first-order valence-electron chi connectivity index (χ1n) is 7.42. The number of nitrogens with zero attached hydrogens (tertiary/aromatic N) is 3. The van der Waals surface area contributed by atoms with Crippen LogP contribution in [0, 0.1) is 12.8 Å². The van der Waals surface area contributed by atoms with Gasteiger partial charge in [-0.3, -0.25) is 4.79 Å². The van der Waals surface area contributed by atoms with E-state index in [1.165, 1.54) is 25.7 Å². The van der Waals surface area contributed by atoms with E-state index in [1.54, 1.807) is 4.52 Å². The largest absolute Gasteiger partial charge is 0.315 e. The Balaban J connectivity index is 1.89. The number of rotatable bonds is 4. The van der Waals surface area contributed by atoms with Crippen LogP contribution >= 0.6 is 0 Å². The molecule has 2 aromatic heterocycles. The van der Waals surface area contributed by atoms with Crippen molar-refractivity contribution >= 4 is 5.52 Å². The fourth-order valence-electron chi connectivity index (χ4n) is 3.34. The zero-order valence-corrected chi connectivity index (χ0v) is 12.2. The Kier molecular flexibility index (Phi) is 3.61. The molecule has 5 nitrogen and oxygen atoms in total. The molecule has 1 aliphatic carbocycles. The number of nitrogens with one attached hydrogen (secondary N) is 1. The molecule has 1 unspecified atom stereocenters. The number of hydrogen-bond acceptors (Lipinski definition) is 3. The number of aromatic nitrogens is 3. The van der Waals surface area contributed by atoms with Gasteiger partial charge < -0.3 is 9.88 Å². The van der Waals surface area contributed by atoms with Gasteiger partial charge in [-0.05, 0) is 38.8 Å². The molecule has 0 aromatic carbocycles. The van der Waals surface area contributed by atoms with E-state index in [4.69, 9.17) is 0 Å². The average molecular weight is 274 g/mol. The summed E-state index contributed by atoms with van der Waals surface area (Å²) in [6.07, 6.45) is 8.89. The molecule has 2 aromatic rings. The molecule has 0 radical (unpaired) electrons. The third-order valence-corrected chi connectivity index (χ3v) is 4.46. The number of likely N-dealkylation sites (N-methyl/N-ethyl adjacent to an activating group) is 1. The summed E-state index contributed by atoms with van der Waals surface area (Å²) in [6, 6.07) is 2.23. The van der Waals surface area contributed by atoms with Crippen molar-refractivity contribution in [3.05, 3.63) is 34.5 Å². The van der Waals surface area contributed by atoms with E-state index < -0.39 is 0 Å². The van der Waals surface area contributed by atoms with E-state index >= 15 is 0 Å². The van der Waals surface area contributed by atoms with Crippen LogP contribution in [-0.2, 0) is 6.54 Å². The van der Waals surface area contributed by atoms with Crippen molar-refractivity contribution in [2.24, 2.45) is 5.92 Å². The van der Waals surface area contributed by atoms with Crippen molar-refractivity contribution in [3.8, 4) is 0 Å². The molecule has 5 heteroatoms. The van der Waals surface area contributed by atoms with Gasteiger partial charge in [-0.25, -0.2) is 4.52 Å². The van der Waals surface area contributed by atoms with Crippen molar-refractivity contribution in [3.63, 3.8) is 0 Å². The summed E-state index contributed by atoms with van der Waals surface area (Å²) in [5.41, 5.74) is 1.58. The summed E-state index contributed by atoms with van der Waals surface area (Å²) in [5, 5.41) is 7.67. The van der Waals surface area contributed by atoms with Crippen LogP contribution in [0.5, 0.6) is 0 Å². The maximum absolute atomic E-state index is 12.5. The minimum atomic E-state index is 0.0475. The Labute approximate surface area is 118 Å². The van der Waals surface area contributed by atoms with Crippen LogP contribution in [0.15, 0.2) is 23.3 Å². The van der Waals surface area contributed by atoms with Gasteiger partial charge >= 0.3 is 0 Å². The summed E-state index contributed by atoms with van der Waals surface area (Å²) in [6.45, 7) is 2.65. The molecule has 20 heavy (non-hydrogen) atoms. The molecular formula is C15H22N4O. The Bertz CT molecular complexity index is 651. The Morgan fingerprint density at radius 1 is 1.40 bits per heavy atom. The quantitative estimate of drug-likeness (QED) is 0.921. The molecule has 1 fully saturated rings. The van der Waals surface area contributed by atoms with Crippen LogP contribution in [0.2, 0.25) is 0 Å². The molecule has 1 saturated carbocycles. The highest BCUT2D eigenvalue weighted by Crippen LogP contribution is 2.28. The van der Waals surface area contributed by atoms with Gasteiger partial charge in [0.05, 0.1) is 5.69 Å². The topological polar surface area (TPSA) is 51.3 Å². The normalized spacial score (nSPS) is 17.9. The first-order chi connectivity index (χ1) is 9.69. The van der Waals surface area contributed by atoms with E-state index in [9.17, 15) is 4.79 Å². The number of hydrogen-bond donors (Lipinski definition) is 1. The van der Waals surface area contributed by atoms with Crippen molar-refractivity contribution in [1.29, 1.82) is 0 Å². The van der Waals surface area contributed by atoms with Gasteiger partial charge in [-0.2, -0.15) is 5.10 Å². The van der Waals surface area contributed by atoms with Gasteiger partial charge in [0.2, 0.25) is 0 Å². The molecule has 0 bridgehead atoms. The molecule has 2 heterocycles. The number of aryl methyl sites for hydroxylation is 1. The molecule has 0 amide bonds. The SMILES string of the molecule is CNC(Cn1ccn2nc(C)cc2c1=O)C1CCCC1. The lowest BCUT2D eigenvalue weighted by Gasteiger charge is -2.23. The summed E-state index contributed by atoms with van der Waals surface area (Å²) in [7, 11) is 2.00. The Morgan fingerprint density at radius 2 is 2.15 bits per heavy atom. The van der Waals surface area contributed by atoms with Gasteiger partial charge in [-0.15, -0.1) is 0 Å². The van der Waals surface area contributed by atoms with Gasteiger partial charge in [-0.1, -0.05) is 12.8 Å². The van der Waals surface area contributed by atoms with Crippen LogP contribution in [0.1, 0.15) is 31.4 Å². The highest BCUT2D eigenvalue weighted by molar-refractivity contribution is 5.44. The summed E-state index contributed by atoms with van der Waals surface area (Å²) in [4.78, 5) is 12.5. The average Bonchev–Trinajstić information content (AvgIpc) is 3.07. The summed E-state index contributed by atoms with van der Waals surface area (Å²) in [5.74, 6) is 0.690. The summed E-state index contributed by atoms with van der Waals surface area (Å²) >= 11 is 0. The molecule has 108 valence electrons. The van der Waals surface area contributed by atoms with Gasteiger partial charge in [0.15, 0.2) is 0 Å². The molecule has 0 saturated heterocycles. The van der Waals surface area contributed by atoms with Gasteiger partial charge in [0.1, 0.15) is 5.52 Å². The zero-order valence-electron chi connectivity index (χ0n) is 12.2. The standard InChI is InChI=1S/C15H22N4O/c1-11-9-14-15(20)18(7-8-19(14)17-11)10-13(16-2)12-5-3-4-6-12/h7-9,12-13,16H,3-6,10H2,1-2H3. The van der Waals surface area contributed by atoms with E-state index in [2.05, 4.69) is 10.4 Å². The van der Waals surface area contributed by atoms with Crippen LogP contribution in [0.4, 0.5) is 0 Å². The van der Waals surface area contributed by atoms with Gasteiger partial charge in [0, 0.05) is 25.0 Å². The summed E-state index contributed by atoms with van der Waals surface area (Å²) < 4.78 is 3.48. The highest BCUT2D eigenvalue weighted by Gasteiger charge is 2.24. The van der Waals surface area contributed by atoms with Crippen LogP contribution in [-0.4, -0.2) is 27.3 Å². The smallest absolute Gasteiger partial charge is 0.276 e. The van der Waals surface area contributed by atoms with Crippen LogP contribution < -0.4 is 10.9 Å². The van der Waals surface area contributed by atoms with E-state index in [0.29, 0.717) is 17.5 Å². The fourth-order valence-corrected chi connectivity index (χ4v) is 3.34. The Hall–Kier alpha value is -1.62. The third-order valence-electron chi connectivity index (χ3n) is 4.46. The minimum Gasteiger partial charge on any atom is -0.315 e. The predicted molar refractivity (Wildman–Crippen MR) is 79.0 cm³/mol. The maximum atomic E-state index is 12.5. The first-order valence-corrected chi connectivity index (χ1v) is 7.42. The highest BCUT2D eigenvalue weighted by atomic mass is 16.1. The monoisotopic (exact) mass is 274 g/mol. The van der Waals surface area contributed by atoms with E-state index in [-0.39, 0.29) is 5.56 Å². The maximum Gasteiger partial charge on any atom is 0.276 e. The van der Waals surface area contributed by atoms with Crippen molar-refractivity contribution < 1.29 is 0 Å². The second kappa shape index (κ2) is 5.40. The molecule has 1 N–H and O–H groups in total. The van der Waals surface area contributed by atoms with Crippen molar-refractivity contribution in [2.75, 3.05) is 7.05 Å². The van der Waals surface area contributed by atoms with E-state index in [0.717, 1.165) is 12.2 Å². The Morgan fingerprint density at radius 3 is 2.85 bits per heavy atom. The minimum absolute atomic E-state index is 0.0475. The second-order valence-electron chi connectivity index (χ2n) is 5.81. The lowest BCUT2D eigenvalue weighted by molar-refractivity contribution is 0.337. The number of fused-ring (bicyclic) bond motifs is 1. The molecule has 0 aliphatic heterocycles. The molecular weight excluding hydrogens is 252 g/mol. The second-order valence-corrected chi connectivity index (χ2v) is 5.81. The first kappa shape index (κ1) is 13.4. The lowest BCUT2D eigenvalue weighted by Crippen LogP contribution is -2.39. The van der Waals surface area contributed by atoms with Crippen LogP contribution in [0.3, 0.4) is 0 Å². The predicted octanol–water partition coefficient (Wildman–Crippen LogP) is 1.58. The van der Waals surface area contributed by atoms with Gasteiger partial charge in [0.25, 0.3) is 5.56 Å². The van der Waals surface area contributed by atoms with Crippen molar-refractivity contribution in [2.45, 2.75) is 45.2 Å². The molecule has 1 atom stereocenters. The van der Waals surface area contributed by atoms with E-state index in [1.807, 2.05) is 37.0 Å².